The highest BCUT2D eigenvalue weighted by molar-refractivity contribution is 6.12. The Morgan fingerprint density at radius 2 is 0.965 bits per heavy atom. The van der Waals surface area contributed by atoms with Crippen LogP contribution in [0, 0.1) is 0 Å². The molecular formula is C52H32N4O. The summed E-state index contributed by atoms with van der Waals surface area (Å²) >= 11 is 0. The highest BCUT2D eigenvalue weighted by Gasteiger charge is 2.20. The van der Waals surface area contributed by atoms with Gasteiger partial charge in [-0.15, -0.1) is 0 Å². The molecule has 266 valence electrons. The van der Waals surface area contributed by atoms with Gasteiger partial charge in [-0.05, 0) is 93.7 Å². The summed E-state index contributed by atoms with van der Waals surface area (Å²) in [4.78, 5) is 10.4. The molecule has 0 unspecified atom stereocenters. The van der Waals surface area contributed by atoms with Gasteiger partial charge in [-0.25, -0.2) is 4.98 Å². The Kier molecular flexibility index (Phi) is 6.86. The molecule has 0 aliphatic rings. The zero-order valence-corrected chi connectivity index (χ0v) is 30.7. The summed E-state index contributed by atoms with van der Waals surface area (Å²) in [6.45, 7) is 0. The van der Waals surface area contributed by atoms with E-state index in [9.17, 15) is 0 Å². The summed E-state index contributed by atoms with van der Waals surface area (Å²) in [6, 6.07) is 67.0. The minimum Gasteiger partial charge on any atom is -0.446 e. The SMILES string of the molecule is c1ccc(-n2c3ccccc3c3cc(-c4ccc5c(c4)c4ccccc4n5-c4nc(-c5cccc(-c6cccc7ccccc67)c5)c5ccoc5n4)ccc32)cc1. The molecule has 0 amide bonds. The molecule has 12 rings (SSSR count). The summed E-state index contributed by atoms with van der Waals surface area (Å²) in [5.41, 5.74) is 12.6. The Hall–Kier alpha value is -7.76. The van der Waals surface area contributed by atoms with Gasteiger partial charge >= 0.3 is 0 Å². The van der Waals surface area contributed by atoms with Crippen molar-refractivity contribution in [1.82, 2.24) is 19.1 Å². The van der Waals surface area contributed by atoms with Crippen LogP contribution in [0.5, 0.6) is 0 Å². The van der Waals surface area contributed by atoms with Crippen molar-refractivity contribution in [3.05, 3.63) is 194 Å². The first-order valence-electron chi connectivity index (χ1n) is 19.2. The van der Waals surface area contributed by atoms with Gasteiger partial charge in [0.15, 0.2) is 0 Å². The molecule has 57 heavy (non-hydrogen) atoms. The molecule has 4 heterocycles. The maximum atomic E-state index is 6.02. The highest BCUT2D eigenvalue weighted by atomic mass is 16.3. The number of nitrogens with zero attached hydrogens (tertiary/aromatic N) is 4. The Morgan fingerprint density at radius 1 is 0.368 bits per heavy atom. The number of fused-ring (bicyclic) bond motifs is 8. The van der Waals surface area contributed by atoms with E-state index in [-0.39, 0.29) is 0 Å². The Balaban J connectivity index is 1.02. The molecule has 0 atom stereocenters. The summed E-state index contributed by atoms with van der Waals surface area (Å²) in [6.07, 6.45) is 1.70. The molecule has 8 aromatic carbocycles. The molecule has 12 aromatic rings. The lowest BCUT2D eigenvalue weighted by Crippen LogP contribution is -2.02. The van der Waals surface area contributed by atoms with E-state index in [0.717, 1.165) is 55.3 Å². The van der Waals surface area contributed by atoms with Gasteiger partial charge in [0.2, 0.25) is 11.7 Å². The topological polar surface area (TPSA) is 48.8 Å². The molecule has 0 fully saturated rings. The summed E-state index contributed by atoms with van der Waals surface area (Å²) < 4.78 is 10.5. The third-order valence-electron chi connectivity index (χ3n) is 11.4. The number of aromatic nitrogens is 4. The molecule has 0 spiro atoms. The molecule has 0 saturated carbocycles. The van der Waals surface area contributed by atoms with Crippen LogP contribution < -0.4 is 0 Å². The minimum atomic E-state index is 0.552. The second-order valence-corrected chi connectivity index (χ2v) is 14.6. The zero-order valence-electron chi connectivity index (χ0n) is 30.7. The predicted octanol–water partition coefficient (Wildman–Crippen LogP) is 13.6. The van der Waals surface area contributed by atoms with Gasteiger partial charge in [-0.2, -0.15) is 4.98 Å². The molecule has 0 aliphatic heterocycles. The first kappa shape index (κ1) is 31.6. The van der Waals surface area contributed by atoms with Crippen molar-refractivity contribution in [2.75, 3.05) is 0 Å². The lowest BCUT2D eigenvalue weighted by atomic mass is 9.96. The van der Waals surface area contributed by atoms with Crippen LogP contribution in [0.2, 0.25) is 0 Å². The van der Waals surface area contributed by atoms with Crippen molar-refractivity contribution in [2.45, 2.75) is 0 Å². The lowest BCUT2D eigenvalue weighted by Gasteiger charge is -2.12. The smallest absolute Gasteiger partial charge is 0.238 e. The first-order valence-corrected chi connectivity index (χ1v) is 19.2. The van der Waals surface area contributed by atoms with Gasteiger partial charge in [0.05, 0.1) is 39.4 Å². The fourth-order valence-corrected chi connectivity index (χ4v) is 8.85. The normalized spacial score (nSPS) is 11.9. The van der Waals surface area contributed by atoms with Crippen LogP contribution in [0.25, 0.3) is 111 Å². The van der Waals surface area contributed by atoms with E-state index in [1.54, 1.807) is 6.26 Å². The van der Waals surface area contributed by atoms with Crippen molar-refractivity contribution >= 4 is 65.5 Å². The van der Waals surface area contributed by atoms with E-state index in [1.165, 1.54) is 43.7 Å². The number of hydrogen-bond donors (Lipinski definition) is 0. The van der Waals surface area contributed by atoms with Crippen molar-refractivity contribution in [3.63, 3.8) is 0 Å². The van der Waals surface area contributed by atoms with E-state index in [4.69, 9.17) is 14.4 Å². The van der Waals surface area contributed by atoms with Crippen LogP contribution in [0.4, 0.5) is 0 Å². The molecule has 0 N–H and O–H groups in total. The second-order valence-electron chi connectivity index (χ2n) is 14.6. The molecule has 0 bridgehead atoms. The molecule has 0 radical (unpaired) electrons. The average molecular weight is 729 g/mol. The number of benzene rings is 8. The third kappa shape index (κ3) is 4.89. The van der Waals surface area contributed by atoms with Crippen molar-refractivity contribution in [3.8, 4) is 45.1 Å². The van der Waals surface area contributed by atoms with Crippen molar-refractivity contribution in [1.29, 1.82) is 0 Å². The summed E-state index contributed by atoms with van der Waals surface area (Å²) in [7, 11) is 0. The van der Waals surface area contributed by atoms with E-state index >= 15 is 0 Å². The van der Waals surface area contributed by atoms with E-state index in [0.29, 0.717) is 11.7 Å². The average Bonchev–Trinajstić information content (AvgIpc) is 3.98. The number of rotatable bonds is 5. The first-order chi connectivity index (χ1) is 28.3. The maximum Gasteiger partial charge on any atom is 0.238 e. The van der Waals surface area contributed by atoms with Crippen LogP contribution in [0.1, 0.15) is 0 Å². The van der Waals surface area contributed by atoms with Crippen LogP contribution in [0.15, 0.2) is 199 Å². The highest BCUT2D eigenvalue weighted by Crippen LogP contribution is 2.39. The molecule has 5 nitrogen and oxygen atoms in total. The lowest BCUT2D eigenvalue weighted by molar-refractivity contribution is 0.601. The number of para-hydroxylation sites is 3. The third-order valence-corrected chi connectivity index (χ3v) is 11.4. The van der Waals surface area contributed by atoms with Crippen LogP contribution in [0.3, 0.4) is 0 Å². The van der Waals surface area contributed by atoms with E-state index < -0.39 is 0 Å². The monoisotopic (exact) mass is 728 g/mol. The van der Waals surface area contributed by atoms with Crippen molar-refractivity contribution < 1.29 is 4.42 Å². The molecule has 5 heteroatoms. The zero-order chi connectivity index (χ0) is 37.5. The quantitative estimate of drug-likeness (QED) is 0.177. The predicted molar refractivity (Wildman–Crippen MR) is 234 cm³/mol. The number of furan rings is 1. The Morgan fingerprint density at radius 3 is 1.74 bits per heavy atom. The summed E-state index contributed by atoms with van der Waals surface area (Å²) in [5.74, 6) is 0.567. The fourth-order valence-electron chi connectivity index (χ4n) is 8.85. The molecular weight excluding hydrogens is 697 g/mol. The van der Waals surface area contributed by atoms with Crippen molar-refractivity contribution in [2.24, 2.45) is 0 Å². The van der Waals surface area contributed by atoms with E-state index in [1.807, 2.05) is 6.07 Å². The molecule has 4 aromatic heterocycles. The van der Waals surface area contributed by atoms with Crippen LogP contribution >= 0.6 is 0 Å². The van der Waals surface area contributed by atoms with Gasteiger partial charge in [-0.3, -0.25) is 4.57 Å². The van der Waals surface area contributed by atoms with Gasteiger partial charge < -0.3 is 8.98 Å². The van der Waals surface area contributed by atoms with Gasteiger partial charge in [0.25, 0.3) is 0 Å². The standard InChI is InChI=1S/C52H32N4O/c1-2-16-38(17-3-1)55-46-22-8-6-19-41(46)44-31-34(24-26-48(44)55)35-25-27-49-45(32-35)42-20-7-9-23-47(42)56(49)52-53-50(43-28-29-57-51(43)54-52)37-15-10-14-36(30-37)40-21-11-13-33-12-4-5-18-39(33)40/h1-32H. The Bertz CT molecular complexity index is 3530. The Labute approximate surface area is 327 Å². The van der Waals surface area contributed by atoms with Gasteiger partial charge in [0.1, 0.15) is 0 Å². The van der Waals surface area contributed by atoms with Gasteiger partial charge in [0, 0.05) is 32.8 Å². The molecule has 0 aliphatic carbocycles. The maximum absolute atomic E-state index is 6.02. The fraction of sp³-hybridized carbons (Fsp3) is 0. The molecule has 0 saturated heterocycles. The van der Waals surface area contributed by atoms with Gasteiger partial charge in [-0.1, -0.05) is 127 Å². The number of hydrogen-bond acceptors (Lipinski definition) is 3. The van der Waals surface area contributed by atoms with E-state index in [2.05, 4.69) is 191 Å². The summed E-state index contributed by atoms with van der Waals surface area (Å²) in [5, 5.41) is 8.05. The van der Waals surface area contributed by atoms with Crippen LogP contribution in [-0.2, 0) is 0 Å². The second kappa shape index (κ2) is 12.4. The minimum absolute atomic E-state index is 0.552. The van der Waals surface area contributed by atoms with Crippen LogP contribution in [-0.4, -0.2) is 19.1 Å². The largest absolute Gasteiger partial charge is 0.446 e.